The summed E-state index contributed by atoms with van der Waals surface area (Å²) < 4.78 is 0. The summed E-state index contributed by atoms with van der Waals surface area (Å²) in [5, 5.41) is 2.81. The predicted octanol–water partition coefficient (Wildman–Crippen LogP) is 3.66. The van der Waals surface area contributed by atoms with Crippen molar-refractivity contribution >= 4 is 52.8 Å². The monoisotopic (exact) mass is 360 g/mol. The highest BCUT2D eigenvalue weighted by molar-refractivity contribution is 6.42. The van der Waals surface area contributed by atoms with Crippen LogP contribution in [0.15, 0.2) is 54.1 Å². The number of rotatable bonds is 2. The Bertz CT molecular complexity index is 879. The first-order valence-electron chi connectivity index (χ1n) is 6.89. The SMILES string of the molecule is O=C1NC(=O)N(c2ccccc2)C(=O)C1=Cc1ccc(Cl)c(Cl)c1. The first kappa shape index (κ1) is 16.2. The number of nitrogens with zero attached hydrogens (tertiary/aromatic N) is 1. The van der Waals surface area contributed by atoms with Gasteiger partial charge >= 0.3 is 6.03 Å². The summed E-state index contributed by atoms with van der Waals surface area (Å²) in [7, 11) is 0. The van der Waals surface area contributed by atoms with Gasteiger partial charge in [0.15, 0.2) is 0 Å². The lowest BCUT2D eigenvalue weighted by atomic mass is 10.1. The van der Waals surface area contributed by atoms with E-state index in [0.717, 1.165) is 4.90 Å². The number of hydrogen-bond acceptors (Lipinski definition) is 3. The molecule has 1 fully saturated rings. The van der Waals surface area contributed by atoms with E-state index in [-0.39, 0.29) is 5.57 Å². The van der Waals surface area contributed by atoms with Gasteiger partial charge < -0.3 is 0 Å². The molecule has 1 heterocycles. The first-order valence-corrected chi connectivity index (χ1v) is 7.64. The maximum absolute atomic E-state index is 12.6. The quantitative estimate of drug-likeness (QED) is 0.656. The Morgan fingerprint density at radius 1 is 0.917 bits per heavy atom. The van der Waals surface area contributed by atoms with Gasteiger partial charge in [0.25, 0.3) is 11.8 Å². The Morgan fingerprint density at radius 2 is 1.62 bits per heavy atom. The van der Waals surface area contributed by atoms with Crippen LogP contribution in [0.1, 0.15) is 5.56 Å². The summed E-state index contributed by atoms with van der Waals surface area (Å²) in [6.07, 6.45) is 1.36. The molecule has 120 valence electrons. The first-order chi connectivity index (χ1) is 11.5. The van der Waals surface area contributed by atoms with Crippen molar-refractivity contribution in [2.45, 2.75) is 0 Å². The average molecular weight is 361 g/mol. The van der Waals surface area contributed by atoms with Crippen LogP contribution in [0, 0.1) is 0 Å². The third-order valence-corrected chi connectivity index (χ3v) is 4.11. The molecule has 2 aromatic carbocycles. The average Bonchev–Trinajstić information content (AvgIpc) is 2.55. The van der Waals surface area contributed by atoms with Gasteiger partial charge in [0, 0.05) is 0 Å². The Hall–Kier alpha value is -2.63. The van der Waals surface area contributed by atoms with Gasteiger partial charge in [-0.1, -0.05) is 47.5 Å². The van der Waals surface area contributed by atoms with Crippen LogP contribution in [0.3, 0.4) is 0 Å². The van der Waals surface area contributed by atoms with E-state index >= 15 is 0 Å². The molecule has 0 aliphatic carbocycles. The molecule has 7 heteroatoms. The van der Waals surface area contributed by atoms with E-state index < -0.39 is 17.8 Å². The lowest BCUT2D eigenvalue weighted by Gasteiger charge is -2.26. The Kier molecular flexibility index (Phi) is 4.38. The van der Waals surface area contributed by atoms with Crippen molar-refractivity contribution in [1.82, 2.24) is 5.32 Å². The van der Waals surface area contributed by atoms with Crippen LogP contribution in [0.2, 0.25) is 10.0 Å². The van der Waals surface area contributed by atoms with Crippen LogP contribution < -0.4 is 10.2 Å². The number of carbonyl (C=O) groups is 3. The third kappa shape index (κ3) is 3.04. The molecule has 0 saturated carbocycles. The van der Waals surface area contributed by atoms with Crippen LogP contribution in [0.5, 0.6) is 0 Å². The number of carbonyl (C=O) groups excluding carboxylic acids is 3. The van der Waals surface area contributed by atoms with Crippen molar-refractivity contribution in [3.63, 3.8) is 0 Å². The van der Waals surface area contributed by atoms with Crippen molar-refractivity contribution in [3.05, 3.63) is 69.7 Å². The van der Waals surface area contributed by atoms with Crippen molar-refractivity contribution in [3.8, 4) is 0 Å². The molecule has 0 bridgehead atoms. The van der Waals surface area contributed by atoms with E-state index in [9.17, 15) is 14.4 Å². The predicted molar refractivity (Wildman–Crippen MR) is 91.9 cm³/mol. The zero-order valence-electron chi connectivity index (χ0n) is 12.1. The second kappa shape index (κ2) is 6.47. The molecule has 0 aromatic heterocycles. The maximum atomic E-state index is 12.6. The second-order valence-electron chi connectivity index (χ2n) is 4.97. The molecule has 4 amide bonds. The summed E-state index contributed by atoms with van der Waals surface area (Å²) in [6.45, 7) is 0. The molecule has 0 radical (unpaired) electrons. The lowest BCUT2D eigenvalue weighted by molar-refractivity contribution is -0.122. The minimum Gasteiger partial charge on any atom is -0.273 e. The fourth-order valence-corrected chi connectivity index (χ4v) is 2.54. The van der Waals surface area contributed by atoms with Crippen molar-refractivity contribution in [1.29, 1.82) is 0 Å². The number of para-hydroxylation sites is 1. The summed E-state index contributed by atoms with van der Waals surface area (Å²) >= 11 is 11.8. The van der Waals surface area contributed by atoms with Crippen LogP contribution in [-0.2, 0) is 9.59 Å². The summed E-state index contributed by atoms with van der Waals surface area (Å²) in [4.78, 5) is 37.6. The highest BCUT2D eigenvalue weighted by atomic mass is 35.5. The molecule has 1 N–H and O–H groups in total. The van der Waals surface area contributed by atoms with Crippen molar-refractivity contribution in [2.75, 3.05) is 4.90 Å². The fraction of sp³-hybridized carbons (Fsp3) is 0. The number of anilines is 1. The van der Waals surface area contributed by atoms with Crippen LogP contribution >= 0.6 is 23.2 Å². The number of nitrogens with one attached hydrogen (secondary N) is 1. The molecule has 0 atom stereocenters. The topological polar surface area (TPSA) is 66.5 Å². The molecule has 5 nitrogen and oxygen atoms in total. The van der Waals surface area contributed by atoms with E-state index in [1.807, 2.05) is 0 Å². The van der Waals surface area contributed by atoms with E-state index in [2.05, 4.69) is 5.32 Å². The van der Waals surface area contributed by atoms with Crippen molar-refractivity contribution < 1.29 is 14.4 Å². The van der Waals surface area contributed by atoms with Gasteiger partial charge in [0.1, 0.15) is 5.57 Å². The highest BCUT2D eigenvalue weighted by Crippen LogP contribution is 2.25. The minimum absolute atomic E-state index is 0.170. The van der Waals surface area contributed by atoms with Gasteiger partial charge in [-0.15, -0.1) is 0 Å². The number of imide groups is 2. The standard InChI is InChI=1S/C17H10Cl2N2O3/c18-13-7-6-10(9-14(13)19)8-12-15(22)20-17(24)21(16(12)23)11-4-2-1-3-5-11/h1-9H,(H,20,22,24). The molecule has 1 aliphatic heterocycles. The van der Waals surface area contributed by atoms with Crippen LogP contribution in [0.25, 0.3) is 6.08 Å². The Labute approximate surface area is 147 Å². The number of barbiturate groups is 1. The maximum Gasteiger partial charge on any atom is 0.335 e. The second-order valence-corrected chi connectivity index (χ2v) is 5.78. The summed E-state index contributed by atoms with van der Waals surface area (Å²) in [5.74, 6) is -1.47. The van der Waals surface area contributed by atoms with Gasteiger partial charge in [-0.25, -0.2) is 9.69 Å². The highest BCUT2D eigenvalue weighted by Gasteiger charge is 2.36. The number of amides is 4. The zero-order valence-corrected chi connectivity index (χ0v) is 13.6. The van der Waals surface area contributed by atoms with Gasteiger partial charge in [-0.2, -0.15) is 0 Å². The normalized spacial score (nSPS) is 16.5. The molecule has 0 spiro atoms. The molecule has 2 aromatic rings. The molecule has 24 heavy (non-hydrogen) atoms. The van der Waals surface area contributed by atoms with Crippen molar-refractivity contribution in [2.24, 2.45) is 0 Å². The van der Waals surface area contributed by atoms with Gasteiger partial charge in [-0.3, -0.25) is 14.9 Å². The van der Waals surface area contributed by atoms with Crippen LogP contribution in [0.4, 0.5) is 10.5 Å². The van der Waals surface area contributed by atoms with E-state index in [4.69, 9.17) is 23.2 Å². The van der Waals surface area contributed by atoms with Crippen LogP contribution in [-0.4, -0.2) is 17.8 Å². The number of halogens is 2. The third-order valence-electron chi connectivity index (χ3n) is 3.37. The Balaban J connectivity index is 2.02. The van der Waals surface area contributed by atoms with Gasteiger partial charge in [0.05, 0.1) is 15.7 Å². The molecular weight excluding hydrogens is 351 g/mol. The molecule has 3 rings (SSSR count). The molecule has 1 saturated heterocycles. The summed E-state index contributed by atoms with van der Waals surface area (Å²) in [5.41, 5.74) is 0.717. The van der Waals surface area contributed by atoms with Gasteiger partial charge in [0.2, 0.25) is 0 Å². The molecule has 0 unspecified atom stereocenters. The lowest BCUT2D eigenvalue weighted by Crippen LogP contribution is -2.54. The largest absolute Gasteiger partial charge is 0.335 e. The van der Waals surface area contributed by atoms with E-state index in [1.165, 1.54) is 12.1 Å². The van der Waals surface area contributed by atoms with E-state index in [0.29, 0.717) is 21.3 Å². The minimum atomic E-state index is -0.789. The van der Waals surface area contributed by atoms with Gasteiger partial charge in [-0.05, 0) is 35.9 Å². The molecular formula is C17H10Cl2N2O3. The number of urea groups is 1. The summed E-state index contributed by atoms with van der Waals surface area (Å²) in [6, 6.07) is 12.3. The molecule has 1 aliphatic rings. The number of benzene rings is 2. The van der Waals surface area contributed by atoms with E-state index in [1.54, 1.807) is 42.5 Å². The zero-order chi connectivity index (χ0) is 17.3. The Morgan fingerprint density at radius 3 is 2.29 bits per heavy atom. The fourth-order valence-electron chi connectivity index (χ4n) is 2.24. The smallest absolute Gasteiger partial charge is 0.273 e. The number of hydrogen-bond donors (Lipinski definition) is 1.